The molecule has 0 heterocycles. The molecule has 2 N–H and O–H groups in total. The van der Waals surface area contributed by atoms with Crippen LogP contribution in [0.2, 0.25) is 0 Å². The molecule has 9 nitrogen and oxygen atoms in total. The second-order valence-electron chi connectivity index (χ2n) is 4.23. The first-order valence-corrected chi connectivity index (χ1v) is 5.94. The fraction of sp³-hybridized carbons (Fsp3) is 0.154. The minimum Gasteiger partial charge on any atom is -0.450 e. The highest BCUT2D eigenvalue weighted by Gasteiger charge is 2.52. The van der Waals surface area contributed by atoms with Gasteiger partial charge in [0.25, 0.3) is 0 Å². The summed E-state index contributed by atoms with van der Waals surface area (Å²) in [4.78, 5) is 28.4. The van der Waals surface area contributed by atoms with E-state index in [1.807, 2.05) is 30.3 Å². The molecule has 2 rings (SSSR count). The zero-order chi connectivity index (χ0) is 16.8. The van der Waals surface area contributed by atoms with Crippen LogP contribution in [0.5, 0.6) is 0 Å². The highest BCUT2D eigenvalue weighted by atomic mass is 16.7. The SMILES string of the molecule is O=C(O)O.O=[N+]([O-])C1([N+](=O)[O-])C=CC(c2ccccc2)C=C1. The maximum absolute atomic E-state index is 10.8. The zero-order valence-electron chi connectivity index (χ0n) is 11.1. The summed E-state index contributed by atoms with van der Waals surface area (Å²) >= 11 is 0. The quantitative estimate of drug-likeness (QED) is 0.377. The minimum absolute atomic E-state index is 0.167. The summed E-state index contributed by atoms with van der Waals surface area (Å²) in [5.41, 5.74) is -1.39. The molecule has 1 aromatic carbocycles. The number of carbonyl (C=O) groups is 1. The maximum Gasteiger partial charge on any atom is 0.503 e. The van der Waals surface area contributed by atoms with Gasteiger partial charge >= 0.3 is 11.8 Å². The van der Waals surface area contributed by atoms with Crippen molar-refractivity contribution in [1.29, 1.82) is 0 Å². The van der Waals surface area contributed by atoms with E-state index in [2.05, 4.69) is 0 Å². The fourth-order valence-corrected chi connectivity index (χ4v) is 1.82. The lowest BCUT2D eigenvalue weighted by Crippen LogP contribution is -2.43. The lowest BCUT2D eigenvalue weighted by Gasteiger charge is -2.16. The van der Waals surface area contributed by atoms with Crippen molar-refractivity contribution >= 4 is 6.16 Å². The van der Waals surface area contributed by atoms with Crippen molar-refractivity contribution in [2.24, 2.45) is 0 Å². The standard InChI is InChI=1S/C12H10N2O4.CH2O3/c15-13(16)12(14(17)18)8-6-11(7-9-12)10-4-2-1-3-5-10;2-1(3)4/h1-9,11H;(H2,2,3,4). The molecule has 0 fully saturated rings. The first kappa shape index (κ1) is 16.8. The number of nitro groups is 2. The van der Waals surface area contributed by atoms with Gasteiger partial charge in [-0.1, -0.05) is 42.5 Å². The van der Waals surface area contributed by atoms with Crippen molar-refractivity contribution in [3.63, 3.8) is 0 Å². The summed E-state index contributed by atoms with van der Waals surface area (Å²) in [7, 11) is 0. The summed E-state index contributed by atoms with van der Waals surface area (Å²) in [6, 6.07) is 9.28. The van der Waals surface area contributed by atoms with E-state index in [1.165, 1.54) is 12.2 Å². The molecular weight excluding hydrogens is 296 g/mol. The van der Waals surface area contributed by atoms with E-state index >= 15 is 0 Å². The molecule has 0 radical (unpaired) electrons. The average molecular weight is 308 g/mol. The normalized spacial score (nSPS) is 15.5. The van der Waals surface area contributed by atoms with Gasteiger partial charge in [0, 0.05) is 5.92 Å². The third kappa shape index (κ3) is 3.88. The highest BCUT2D eigenvalue weighted by Crippen LogP contribution is 2.28. The number of allylic oxidation sites excluding steroid dienone is 2. The Kier molecular flexibility index (Phi) is 5.33. The number of nitrogens with zero attached hydrogens (tertiary/aromatic N) is 2. The molecule has 0 spiro atoms. The summed E-state index contributed by atoms with van der Waals surface area (Å²) in [5.74, 6) is -0.167. The van der Waals surface area contributed by atoms with Crippen molar-refractivity contribution in [3.05, 3.63) is 80.4 Å². The molecule has 1 aliphatic carbocycles. The molecule has 116 valence electrons. The molecular formula is C13H12N2O7. The second-order valence-corrected chi connectivity index (χ2v) is 4.23. The van der Waals surface area contributed by atoms with Crippen molar-refractivity contribution in [2.45, 2.75) is 11.6 Å². The monoisotopic (exact) mass is 308 g/mol. The Morgan fingerprint density at radius 3 is 1.77 bits per heavy atom. The Morgan fingerprint density at radius 1 is 1.00 bits per heavy atom. The number of benzene rings is 1. The number of hydrogen-bond donors (Lipinski definition) is 2. The van der Waals surface area contributed by atoms with E-state index in [0.717, 1.165) is 17.7 Å². The van der Waals surface area contributed by atoms with E-state index in [0.29, 0.717) is 0 Å². The number of hydrogen-bond acceptors (Lipinski definition) is 5. The van der Waals surface area contributed by atoms with Crippen molar-refractivity contribution < 1.29 is 24.9 Å². The molecule has 1 aromatic rings. The number of carboxylic acid groups (broad SMARTS) is 2. The second kappa shape index (κ2) is 6.97. The minimum atomic E-state index is -2.33. The Bertz CT molecular complexity index is 591. The third-order valence-corrected chi connectivity index (χ3v) is 2.87. The Morgan fingerprint density at radius 2 is 1.41 bits per heavy atom. The van der Waals surface area contributed by atoms with Gasteiger partial charge in [-0.15, -0.1) is 0 Å². The number of rotatable bonds is 3. The molecule has 1 aliphatic rings. The summed E-state index contributed by atoms with van der Waals surface area (Å²) < 4.78 is 0. The summed E-state index contributed by atoms with van der Waals surface area (Å²) in [6.45, 7) is 0. The van der Waals surface area contributed by atoms with Crippen LogP contribution in [0.25, 0.3) is 0 Å². The van der Waals surface area contributed by atoms with Gasteiger partial charge in [0.2, 0.25) is 0 Å². The molecule has 0 aliphatic heterocycles. The van der Waals surface area contributed by atoms with Crippen LogP contribution in [0.1, 0.15) is 11.5 Å². The summed E-state index contributed by atoms with van der Waals surface area (Å²) in [5, 5.41) is 35.6. The van der Waals surface area contributed by atoms with Gasteiger partial charge < -0.3 is 10.2 Å². The van der Waals surface area contributed by atoms with E-state index in [4.69, 9.17) is 15.0 Å². The van der Waals surface area contributed by atoms with E-state index in [1.54, 1.807) is 0 Å². The largest absolute Gasteiger partial charge is 0.503 e. The van der Waals surface area contributed by atoms with Gasteiger partial charge in [0.15, 0.2) is 0 Å². The maximum atomic E-state index is 10.8. The van der Waals surface area contributed by atoms with Gasteiger partial charge in [-0.2, -0.15) is 0 Å². The molecule has 9 heteroatoms. The highest BCUT2D eigenvalue weighted by molar-refractivity contribution is 5.53. The Balaban J connectivity index is 0.000000541. The molecule has 0 bridgehead atoms. The predicted octanol–water partition coefficient (Wildman–Crippen LogP) is 2.37. The van der Waals surface area contributed by atoms with Crippen molar-refractivity contribution in [2.75, 3.05) is 0 Å². The van der Waals surface area contributed by atoms with E-state index < -0.39 is 21.7 Å². The van der Waals surface area contributed by atoms with Gasteiger partial charge in [0.05, 0.1) is 12.2 Å². The van der Waals surface area contributed by atoms with Crippen LogP contribution >= 0.6 is 0 Å². The smallest absolute Gasteiger partial charge is 0.450 e. The van der Waals surface area contributed by atoms with E-state index in [9.17, 15) is 20.2 Å². The van der Waals surface area contributed by atoms with Gasteiger partial charge in [0.1, 0.15) is 9.85 Å². The first-order chi connectivity index (χ1) is 10.3. The van der Waals surface area contributed by atoms with Gasteiger partial charge in [-0.3, -0.25) is 20.2 Å². The third-order valence-electron chi connectivity index (χ3n) is 2.87. The average Bonchev–Trinajstić information content (AvgIpc) is 2.47. The Hall–Kier alpha value is -3.23. The molecule has 0 atom stereocenters. The topological polar surface area (TPSA) is 144 Å². The van der Waals surface area contributed by atoms with Crippen molar-refractivity contribution in [3.8, 4) is 0 Å². The molecule has 0 unspecified atom stereocenters. The predicted molar refractivity (Wildman–Crippen MR) is 74.8 cm³/mol. The molecule has 0 saturated heterocycles. The summed E-state index contributed by atoms with van der Waals surface area (Å²) in [6.07, 6.45) is 3.21. The Labute approximate surface area is 124 Å². The molecule has 0 amide bonds. The van der Waals surface area contributed by atoms with Crippen LogP contribution < -0.4 is 0 Å². The molecule has 22 heavy (non-hydrogen) atoms. The van der Waals surface area contributed by atoms with Crippen molar-refractivity contribution in [1.82, 2.24) is 0 Å². The van der Waals surface area contributed by atoms with Crippen LogP contribution in [0.3, 0.4) is 0 Å². The van der Waals surface area contributed by atoms with Crippen LogP contribution in [0.15, 0.2) is 54.6 Å². The first-order valence-electron chi connectivity index (χ1n) is 5.94. The lowest BCUT2D eigenvalue weighted by atomic mass is 9.91. The fourth-order valence-electron chi connectivity index (χ4n) is 1.82. The lowest BCUT2D eigenvalue weighted by molar-refractivity contribution is -0.765. The van der Waals surface area contributed by atoms with Gasteiger partial charge in [-0.05, 0) is 5.56 Å². The molecule has 0 saturated carbocycles. The van der Waals surface area contributed by atoms with Crippen LogP contribution in [-0.4, -0.2) is 31.9 Å². The van der Waals surface area contributed by atoms with Gasteiger partial charge in [-0.25, -0.2) is 4.79 Å². The van der Waals surface area contributed by atoms with Crippen LogP contribution in [-0.2, 0) is 0 Å². The van der Waals surface area contributed by atoms with Crippen LogP contribution in [0, 0.1) is 20.2 Å². The molecule has 0 aromatic heterocycles. The zero-order valence-corrected chi connectivity index (χ0v) is 11.1. The van der Waals surface area contributed by atoms with E-state index in [-0.39, 0.29) is 5.92 Å². The van der Waals surface area contributed by atoms with Crippen LogP contribution in [0.4, 0.5) is 4.79 Å².